The molecule has 16 heavy (non-hydrogen) atoms. The Morgan fingerprint density at radius 1 is 1.12 bits per heavy atom. The van der Waals surface area contributed by atoms with Crippen LogP contribution in [0, 0.1) is 6.92 Å². The number of benzene rings is 1. The molecule has 0 saturated heterocycles. The summed E-state index contributed by atoms with van der Waals surface area (Å²) in [5.74, 6) is -0.231. The van der Waals surface area contributed by atoms with Gasteiger partial charge in [-0.3, -0.25) is 0 Å². The van der Waals surface area contributed by atoms with Crippen LogP contribution in [0.3, 0.4) is 0 Å². The van der Waals surface area contributed by atoms with E-state index in [0.29, 0.717) is 5.56 Å². The van der Waals surface area contributed by atoms with E-state index in [1.165, 1.54) is 12.1 Å². The molecule has 0 saturated carbocycles. The molecule has 0 amide bonds. The van der Waals surface area contributed by atoms with E-state index in [-0.39, 0.29) is 11.2 Å². The van der Waals surface area contributed by atoms with Crippen LogP contribution in [0.25, 0.3) is 0 Å². The van der Waals surface area contributed by atoms with Crippen LogP contribution < -0.4 is 4.74 Å². The molecule has 0 aromatic heterocycles. The first-order chi connectivity index (χ1) is 7.09. The molecule has 0 fully saturated rings. The maximum Gasteiger partial charge on any atom is 0.573 e. The van der Waals surface area contributed by atoms with E-state index in [1.54, 1.807) is 6.07 Å². The summed E-state index contributed by atoms with van der Waals surface area (Å²) in [7, 11) is 0. The van der Waals surface area contributed by atoms with Crippen LogP contribution >= 0.6 is 0 Å². The van der Waals surface area contributed by atoms with E-state index in [1.807, 2.05) is 20.8 Å². The van der Waals surface area contributed by atoms with Gasteiger partial charge in [0.25, 0.3) is 0 Å². The van der Waals surface area contributed by atoms with E-state index >= 15 is 0 Å². The molecular formula is C12H14F3O. The Morgan fingerprint density at radius 2 is 1.69 bits per heavy atom. The summed E-state index contributed by atoms with van der Waals surface area (Å²) >= 11 is 0. The molecule has 4 heteroatoms. The third-order valence-corrected chi connectivity index (χ3v) is 2.12. The molecule has 0 bridgehead atoms. The number of hydrogen-bond acceptors (Lipinski definition) is 1. The monoisotopic (exact) mass is 231 g/mol. The average molecular weight is 231 g/mol. The van der Waals surface area contributed by atoms with Crippen molar-refractivity contribution in [3.8, 4) is 5.75 Å². The van der Waals surface area contributed by atoms with Crippen molar-refractivity contribution in [2.75, 3.05) is 0 Å². The minimum atomic E-state index is -4.66. The van der Waals surface area contributed by atoms with Crippen LogP contribution in [0.4, 0.5) is 13.2 Å². The fraction of sp³-hybridized carbons (Fsp3) is 0.417. The van der Waals surface area contributed by atoms with Gasteiger partial charge in [-0.2, -0.15) is 0 Å². The summed E-state index contributed by atoms with van der Waals surface area (Å²) in [4.78, 5) is 0. The molecule has 0 atom stereocenters. The van der Waals surface area contributed by atoms with E-state index in [2.05, 4.69) is 11.7 Å². The zero-order valence-corrected chi connectivity index (χ0v) is 9.48. The quantitative estimate of drug-likeness (QED) is 0.708. The van der Waals surface area contributed by atoms with Crippen molar-refractivity contribution in [3.05, 3.63) is 36.2 Å². The van der Waals surface area contributed by atoms with Crippen LogP contribution in [0.15, 0.2) is 18.2 Å². The summed E-state index contributed by atoms with van der Waals surface area (Å²) in [6, 6.07) is 4.22. The minimum absolute atomic E-state index is 0.145. The number of alkyl halides is 3. The third-order valence-electron chi connectivity index (χ3n) is 2.12. The van der Waals surface area contributed by atoms with Crippen LogP contribution in [0.1, 0.15) is 31.9 Å². The van der Waals surface area contributed by atoms with Gasteiger partial charge < -0.3 is 4.74 Å². The lowest BCUT2D eigenvalue weighted by molar-refractivity contribution is -0.274. The molecule has 89 valence electrons. The van der Waals surface area contributed by atoms with Crippen molar-refractivity contribution in [1.82, 2.24) is 0 Å². The zero-order chi connectivity index (χ0) is 12.6. The maximum absolute atomic E-state index is 12.0. The standard InChI is InChI=1S/C12H14F3O/c1-8-7-9(16-12(13,14)15)5-6-10(8)11(2,3)4/h5-7H,1H2,2-4H3. The Balaban J connectivity index is 3.01. The predicted octanol–water partition coefficient (Wildman–Crippen LogP) is 4.06. The van der Waals surface area contributed by atoms with E-state index in [0.717, 1.165) is 5.56 Å². The Kier molecular flexibility index (Phi) is 3.22. The normalized spacial score (nSPS) is 12.7. The predicted molar refractivity (Wildman–Crippen MR) is 56.3 cm³/mol. The maximum atomic E-state index is 12.0. The zero-order valence-electron chi connectivity index (χ0n) is 9.48. The lowest BCUT2D eigenvalue weighted by Gasteiger charge is -2.22. The van der Waals surface area contributed by atoms with Crippen molar-refractivity contribution in [2.24, 2.45) is 0 Å². The molecule has 0 aliphatic heterocycles. The number of ether oxygens (including phenoxy) is 1. The van der Waals surface area contributed by atoms with Gasteiger partial charge in [-0.15, -0.1) is 13.2 Å². The van der Waals surface area contributed by atoms with Gasteiger partial charge in [-0.1, -0.05) is 26.8 Å². The Morgan fingerprint density at radius 3 is 2.06 bits per heavy atom. The molecule has 1 radical (unpaired) electrons. The van der Waals surface area contributed by atoms with Crippen molar-refractivity contribution >= 4 is 0 Å². The summed E-state index contributed by atoms with van der Waals surface area (Å²) in [5.41, 5.74) is 1.31. The molecule has 0 N–H and O–H groups in total. The van der Waals surface area contributed by atoms with Gasteiger partial charge >= 0.3 is 6.36 Å². The van der Waals surface area contributed by atoms with E-state index in [4.69, 9.17) is 0 Å². The molecule has 1 rings (SSSR count). The van der Waals surface area contributed by atoms with Gasteiger partial charge in [0.1, 0.15) is 5.75 Å². The highest BCUT2D eigenvalue weighted by molar-refractivity contribution is 5.40. The van der Waals surface area contributed by atoms with E-state index < -0.39 is 6.36 Å². The minimum Gasteiger partial charge on any atom is -0.406 e. The first kappa shape index (κ1) is 12.9. The Labute approximate surface area is 93.2 Å². The van der Waals surface area contributed by atoms with Gasteiger partial charge in [0, 0.05) is 0 Å². The Hall–Kier alpha value is -1.19. The first-order valence-corrected chi connectivity index (χ1v) is 4.82. The smallest absolute Gasteiger partial charge is 0.406 e. The van der Waals surface area contributed by atoms with Gasteiger partial charge in [0.2, 0.25) is 0 Å². The topological polar surface area (TPSA) is 9.23 Å². The lowest BCUT2D eigenvalue weighted by atomic mass is 9.84. The number of hydrogen-bond donors (Lipinski definition) is 0. The second kappa shape index (κ2) is 4.00. The first-order valence-electron chi connectivity index (χ1n) is 4.82. The number of halogens is 3. The molecular weight excluding hydrogens is 217 g/mol. The molecule has 1 nitrogen and oxygen atoms in total. The molecule has 1 aromatic carbocycles. The molecule has 1 aromatic rings. The van der Waals surface area contributed by atoms with Gasteiger partial charge in [0.05, 0.1) is 0 Å². The second-order valence-corrected chi connectivity index (χ2v) is 4.62. The molecule has 0 unspecified atom stereocenters. The van der Waals surface area contributed by atoms with E-state index in [9.17, 15) is 13.2 Å². The molecule has 0 aliphatic carbocycles. The van der Waals surface area contributed by atoms with Crippen LogP contribution in [0.2, 0.25) is 0 Å². The fourth-order valence-corrected chi connectivity index (χ4v) is 1.50. The SMILES string of the molecule is [CH2]c1cc(OC(F)(F)F)ccc1C(C)(C)C. The highest BCUT2D eigenvalue weighted by Crippen LogP contribution is 2.30. The van der Waals surface area contributed by atoms with Gasteiger partial charge in [-0.25, -0.2) is 0 Å². The highest BCUT2D eigenvalue weighted by Gasteiger charge is 2.31. The average Bonchev–Trinajstić information content (AvgIpc) is 1.97. The summed E-state index contributed by atoms with van der Waals surface area (Å²) in [6.45, 7) is 9.65. The summed E-state index contributed by atoms with van der Waals surface area (Å²) < 4.78 is 39.7. The van der Waals surface area contributed by atoms with Gasteiger partial charge in [-0.05, 0) is 35.6 Å². The van der Waals surface area contributed by atoms with Gasteiger partial charge in [0.15, 0.2) is 0 Å². The van der Waals surface area contributed by atoms with Crippen molar-refractivity contribution in [2.45, 2.75) is 32.5 Å². The molecule has 0 aliphatic rings. The molecule has 0 spiro atoms. The van der Waals surface area contributed by atoms with Crippen molar-refractivity contribution < 1.29 is 17.9 Å². The largest absolute Gasteiger partial charge is 0.573 e. The van der Waals surface area contributed by atoms with Crippen molar-refractivity contribution in [3.63, 3.8) is 0 Å². The van der Waals surface area contributed by atoms with Crippen LogP contribution in [-0.4, -0.2) is 6.36 Å². The fourth-order valence-electron chi connectivity index (χ4n) is 1.50. The second-order valence-electron chi connectivity index (χ2n) is 4.62. The third kappa shape index (κ3) is 3.43. The van der Waals surface area contributed by atoms with Crippen molar-refractivity contribution in [1.29, 1.82) is 0 Å². The Bertz CT molecular complexity index is 375. The summed E-state index contributed by atoms with van der Waals surface area (Å²) in [6.07, 6.45) is -4.66. The number of rotatable bonds is 1. The summed E-state index contributed by atoms with van der Waals surface area (Å²) in [5, 5.41) is 0. The molecule has 0 heterocycles. The lowest BCUT2D eigenvalue weighted by Crippen LogP contribution is -2.18. The van der Waals surface area contributed by atoms with Crippen LogP contribution in [0.5, 0.6) is 5.75 Å². The highest BCUT2D eigenvalue weighted by atomic mass is 19.4. The van der Waals surface area contributed by atoms with Crippen LogP contribution in [-0.2, 0) is 5.41 Å².